The van der Waals surface area contributed by atoms with Crippen LogP contribution in [0.2, 0.25) is 5.28 Å². The topological polar surface area (TPSA) is 73.0 Å². The van der Waals surface area contributed by atoms with Gasteiger partial charge in [-0.25, -0.2) is 14.2 Å². The Labute approximate surface area is 151 Å². The van der Waals surface area contributed by atoms with Crippen molar-refractivity contribution in [2.24, 2.45) is 4.36 Å². The molecule has 6 nitrogen and oxygen atoms in total. The number of halogens is 1. The normalized spacial score (nSPS) is 16.8. The van der Waals surface area contributed by atoms with Crippen molar-refractivity contribution in [2.75, 3.05) is 12.0 Å². The van der Waals surface area contributed by atoms with E-state index in [2.05, 4.69) is 25.4 Å². The van der Waals surface area contributed by atoms with E-state index < -0.39 is 9.73 Å². The Balaban J connectivity index is 1.93. The highest BCUT2D eigenvalue weighted by molar-refractivity contribution is 7.93. The Morgan fingerprint density at radius 2 is 2.16 bits per heavy atom. The molecule has 0 radical (unpaired) electrons. The van der Waals surface area contributed by atoms with Gasteiger partial charge in [-0.15, -0.1) is 0 Å². The first-order chi connectivity index (χ1) is 12.0. The number of pyridine rings is 1. The maximum Gasteiger partial charge on any atom is 0.224 e. The van der Waals surface area contributed by atoms with Gasteiger partial charge in [0.15, 0.2) is 11.5 Å². The van der Waals surface area contributed by atoms with Gasteiger partial charge in [-0.2, -0.15) is 9.35 Å². The van der Waals surface area contributed by atoms with Crippen LogP contribution < -0.4 is 0 Å². The number of aromatic nitrogens is 4. The lowest BCUT2D eigenvalue weighted by Crippen LogP contribution is -2.03. The standard InChI is InChI=1S/C17H18ClN5OS/c1-3-25(2,24)22-14-5-4-6-15(20-14)23-13(11-7-8-11)9-12-10-19-17(18)21-16(12)23/h4-6,9-11H,3,7-8H2,1-2H3. The molecule has 0 spiro atoms. The second kappa shape index (κ2) is 6.07. The molecule has 1 fully saturated rings. The second-order valence-corrected chi connectivity index (χ2v) is 9.31. The average Bonchev–Trinajstić information content (AvgIpc) is 3.35. The monoisotopic (exact) mass is 375 g/mol. The molecule has 25 heavy (non-hydrogen) atoms. The first kappa shape index (κ1) is 16.5. The Morgan fingerprint density at radius 3 is 2.88 bits per heavy atom. The Bertz CT molecular complexity index is 1080. The molecule has 1 aliphatic carbocycles. The highest BCUT2D eigenvalue weighted by atomic mass is 35.5. The zero-order valence-corrected chi connectivity index (χ0v) is 15.6. The first-order valence-electron chi connectivity index (χ1n) is 8.18. The van der Waals surface area contributed by atoms with Crippen LogP contribution in [0.3, 0.4) is 0 Å². The first-order valence-corrected chi connectivity index (χ1v) is 10.6. The summed E-state index contributed by atoms with van der Waals surface area (Å²) in [6.07, 6.45) is 5.69. The Morgan fingerprint density at radius 1 is 1.36 bits per heavy atom. The lowest BCUT2D eigenvalue weighted by Gasteiger charge is -2.09. The highest BCUT2D eigenvalue weighted by Crippen LogP contribution is 2.43. The van der Waals surface area contributed by atoms with E-state index in [1.807, 2.05) is 23.6 Å². The molecule has 1 atom stereocenters. The molecule has 0 saturated heterocycles. The van der Waals surface area contributed by atoms with Gasteiger partial charge in [0, 0.05) is 29.3 Å². The molecule has 4 rings (SSSR count). The third kappa shape index (κ3) is 3.26. The number of rotatable bonds is 4. The van der Waals surface area contributed by atoms with Gasteiger partial charge in [-0.3, -0.25) is 4.57 Å². The van der Waals surface area contributed by atoms with Crippen LogP contribution in [0.1, 0.15) is 31.4 Å². The lowest BCUT2D eigenvalue weighted by atomic mass is 10.3. The molecule has 0 N–H and O–H groups in total. The van der Waals surface area contributed by atoms with E-state index >= 15 is 0 Å². The van der Waals surface area contributed by atoms with Gasteiger partial charge in [-0.05, 0) is 48.6 Å². The fraction of sp³-hybridized carbons (Fsp3) is 0.353. The molecule has 3 heterocycles. The Hall–Kier alpha value is -1.99. The van der Waals surface area contributed by atoms with E-state index in [0.717, 1.165) is 29.6 Å². The van der Waals surface area contributed by atoms with Crippen LogP contribution in [0, 0.1) is 0 Å². The molecular weight excluding hydrogens is 358 g/mol. The van der Waals surface area contributed by atoms with Crippen LogP contribution >= 0.6 is 11.6 Å². The highest BCUT2D eigenvalue weighted by Gasteiger charge is 2.29. The predicted octanol–water partition coefficient (Wildman–Crippen LogP) is 4.10. The fourth-order valence-corrected chi connectivity index (χ4v) is 3.51. The molecule has 0 aliphatic heterocycles. The van der Waals surface area contributed by atoms with Gasteiger partial charge in [0.05, 0.1) is 9.73 Å². The van der Waals surface area contributed by atoms with E-state index in [9.17, 15) is 4.21 Å². The predicted molar refractivity (Wildman–Crippen MR) is 100 cm³/mol. The molecular formula is C17H18ClN5OS. The van der Waals surface area contributed by atoms with Gasteiger partial charge in [0.1, 0.15) is 5.82 Å². The lowest BCUT2D eigenvalue weighted by molar-refractivity contribution is 0.681. The summed E-state index contributed by atoms with van der Waals surface area (Å²) in [6.45, 7) is 1.86. The van der Waals surface area contributed by atoms with Crippen LogP contribution in [0.5, 0.6) is 0 Å². The van der Waals surface area contributed by atoms with Crippen molar-refractivity contribution in [2.45, 2.75) is 25.7 Å². The van der Waals surface area contributed by atoms with Crippen LogP contribution in [0.15, 0.2) is 34.8 Å². The summed E-state index contributed by atoms with van der Waals surface area (Å²) in [5, 5.41) is 1.14. The number of nitrogens with zero attached hydrogens (tertiary/aromatic N) is 5. The number of hydrogen-bond donors (Lipinski definition) is 0. The molecule has 1 unspecified atom stereocenters. The van der Waals surface area contributed by atoms with Crippen LogP contribution in [-0.2, 0) is 9.73 Å². The van der Waals surface area contributed by atoms with Crippen molar-refractivity contribution < 1.29 is 4.21 Å². The molecule has 3 aromatic heterocycles. The average molecular weight is 376 g/mol. The van der Waals surface area contributed by atoms with E-state index in [-0.39, 0.29) is 5.28 Å². The summed E-state index contributed by atoms with van der Waals surface area (Å²) >= 11 is 6.01. The van der Waals surface area contributed by atoms with Crippen LogP contribution in [0.4, 0.5) is 5.82 Å². The molecule has 130 valence electrons. The molecule has 0 bridgehead atoms. The molecule has 3 aromatic rings. The zero-order chi connectivity index (χ0) is 17.6. The fourth-order valence-electron chi connectivity index (χ4n) is 2.76. The third-order valence-corrected chi connectivity index (χ3v) is 6.13. The largest absolute Gasteiger partial charge is 0.282 e. The minimum atomic E-state index is -2.26. The van der Waals surface area contributed by atoms with Crippen molar-refractivity contribution in [1.82, 2.24) is 19.5 Å². The van der Waals surface area contributed by atoms with Crippen LogP contribution in [-0.4, -0.2) is 35.7 Å². The van der Waals surface area contributed by atoms with Crippen molar-refractivity contribution in [3.8, 4) is 5.82 Å². The van der Waals surface area contributed by atoms with Gasteiger partial charge in [-0.1, -0.05) is 13.0 Å². The number of hydrogen-bond acceptors (Lipinski definition) is 5. The minimum Gasteiger partial charge on any atom is -0.282 e. The van der Waals surface area contributed by atoms with Crippen LogP contribution in [0.25, 0.3) is 16.9 Å². The van der Waals surface area contributed by atoms with Gasteiger partial charge >= 0.3 is 0 Å². The van der Waals surface area contributed by atoms with Gasteiger partial charge in [0.25, 0.3) is 0 Å². The van der Waals surface area contributed by atoms with Gasteiger partial charge in [0.2, 0.25) is 5.28 Å². The third-order valence-electron chi connectivity index (χ3n) is 4.31. The van der Waals surface area contributed by atoms with Gasteiger partial charge < -0.3 is 0 Å². The Kier molecular flexibility index (Phi) is 4.00. The summed E-state index contributed by atoms with van der Waals surface area (Å²) in [7, 11) is -2.26. The molecule has 8 heteroatoms. The SMILES string of the molecule is CCS(C)(=O)=Nc1cccc(-n2c(C3CC3)cc3cnc(Cl)nc32)n1. The maximum atomic E-state index is 12.3. The van der Waals surface area contributed by atoms with E-state index in [1.54, 1.807) is 18.5 Å². The molecule has 1 saturated carbocycles. The van der Waals surface area contributed by atoms with Crippen molar-refractivity contribution in [3.63, 3.8) is 0 Å². The number of fused-ring (bicyclic) bond motifs is 1. The van der Waals surface area contributed by atoms with Crippen molar-refractivity contribution in [1.29, 1.82) is 0 Å². The van der Waals surface area contributed by atoms with Crippen molar-refractivity contribution >= 4 is 38.2 Å². The summed E-state index contributed by atoms with van der Waals surface area (Å²) in [5.74, 6) is 2.16. The summed E-state index contributed by atoms with van der Waals surface area (Å²) in [5.41, 5.74) is 1.89. The maximum absolute atomic E-state index is 12.3. The van der Waals surface area contributed by atoms with E-state index in [0.29, 0.717) is 23.3 Å². The molecule has 0 aromatic carbocycles. The summed E-state index contributed by atoms with van der Waals surface area (Å²) in [6, 6.07) is 7.65. The zero-order valence-electron chi connectivity index (χ0n) is 14.0. The minimum absolute atomic E-state index is 0.206. The second-order valence-electron chi connectivity index (χ2n) is 6.29. The van der Waals surface area contributed by atoms with Crippen molar-refractivity contribution in [3.05, 3.63) is 41.4 Å². The molecule has 0 amide bonds. The smallest absolute Gasteiger partial charge is 0.224 e. The van der Waals surface area contributed by atoms with E-state index in [1.165, 1.54) is 0 Å². The quantitative estimate of drug-likeness (QED) is 0.643. The summed E-state index contributed by atoms with van der Waals surface area (Å²) in [4.78, 5) is 13.1. The summed E-state index contributed by atoms with van der Waals surface area (Å²) < 4.78 is 18.6. The molecule has 1 aliphatic rings. The van der Waals surface area contributed by atoms with E-state index in [4.69, 9.17) is 11.6 Å².